The number of benzene rings is 2. The highest BCUT2D eigenvalue weighted by molar-refractivity contribution is 5.99. The molecular formula is C25H20N2O2. The van der Waals surface area contributed by atoms with Crippen molar-refractivity contribution in [3.63, 3.8) is 0 Å². The van der Waals surface area contributed by atoms with Crippen molar-refractivity contribution in [3.05, 3.63) is 89.8 Å². The Morgan fingerprint density at radius 1 is 1.17 bits per heavy atom. The Morgan fingerprint density at radius 3 is 2.72 bits per heavy atom. The van der Waals surface area contributed by atoms with Crippen LogP contribution in [0, 0.1) is 18.3 Å². The molecule has 29 heavy (non-hydrogen) atoms. The van der Waals surface area contributed by atoms with Gasteiger partial charge in [0.1, 0.15) is 0 Å². The predicted octanol–water partition coefficient (Wildman–Crippen LogP) is 5.47. The molecule has 0 N–H and O–H groups in total. The van der Waals surface area contributed by atoms with Gasteiger partial charge in [-0.3, -0.25) is 4.98 Å². The lowest BCUT2D eigenvalue weighted by atomic mass is 9.90. The van der Waals surface area contributed by atoms with Gasteiger partial charge in [0.15, 0.2) is 0 Å². The van der Waals surface area contributed by atoms with Gasteiger partial charge in [-0.25, -0.2) is 4.79 Å². The van der Waals surface area contributed by atoms with Crippen molar-refractivity contribution in [1.82, 2.24) is 4.98 Å². The SMILES string of the molecule is C=C/C=C\c1c(-c2cncc3ccc(/C=C/C(=O)OC)cc23)ccc(C#N)c1C. The number of methoxy groups -OCH3 is 1. The Hall–Kier alpha value is -3.97. The third-order valence-corrected chi connectivity index (χ3v) is 4.72. The molecule has 0 unspecified atom stereocenters. The summed E-state index contributed by atoms with van der Waals surface area (Å²) >= 11 is 0. The van der Waals surface area contributed by atoms with E-state index in [1.807, 2.05) is 61.8 Å². The number of esters is 1. The second kappa shape index (κ2) is 8.81. The van der Waals surface area contributed by atoms with Crippen LogP contribution in [-0.2, 0) is 9.53 Å². The first-order valence-corrected chi connectivity index (χ1v) is 9.06. The lowest BCUT2D eigenvalue weighted by molar-refractivity contribution is -0.134. The van der Waals surface area contributed by atoms with Crippen molar-refractivity contribution in [2.45, 2.75) is 6.92 Å². The number of nitriles is 1. The minimum Gasteiger partial charge on any atom is -0.466 e. The van der Waals surface area contributed by atoms with Crippen LogP contribution in [-0.4, -0.2) is 18.1 Å². The number of aromatic nitrogens is 1. The number of allylic oxidation sites excluding steroid dienone is 2. The zero-order valence-corrected chi connectivity index (χ0v) is 16.3. The van der Waals surface area contributed by atoms with E-state index in [1.54, 1.807) is 12.2 Å². The van der Waals surface area contributed by atoms with Crippen molar-refractivity contribution in [1.29, 1.82) is 5.26 Å². The highest BCUT2D eigenvalue weighted by atomic mass is 16.5. The third-order valence-electron chi connectivity index (χ3n) is 4.72. The summed E-state index contributed by atoms with van der Waals surface area (Å²) in [6.07, 6.45) is 12.3. The van der Waals surface area contributed by atoms with E-state index in [2.05, 4.69) is 22.4 Å². The number of ether oxygens (including phenoxy) is 1. The fourth-order valence-electron chi connectivity index (χ4n) is 3.20. The van der Waals surface area contributed by atoms with Gasteiger partial charge in [-0.1, -0.05) is 43.0 Å². The summed E-state index contributed by atoms with van der Waals surface area (Å²) in [5.41, 5.74) is 5.30. The van der Waals surface area contributed by atoms with Gasteiger partial charge in [-0.05, 0) is 52.8 Å². The van der Waals surface area contributed by atoms with Crippen molar-refractivity contribution in [3.8, 4) is 17.2 Å². The number of fused-ring (bicyclic) bond motifs is 1. The minimum atomic E-state index is -0.403. The second-order valence-corrected chi connectivity index (χ2v) is 6.43. The fraction of sp³-hybridized carbons (Fsp3) is 0.0800. The molecule has 4 heteroatoms. The summed E-state index contributed by atoms with van der Waals surface area (Å²) < 4.78 is 4.66. The molecule has 1 aromatic heterocycles. The fourth-order valence-corrected chi connectivity index (χ4v) is 3.20. The van der Waals surface area contributed by atoms with Crippen LogP contribution in [0.25, 0.3) is 34.1 Å². The van der Waals surface area contributed by atoms with Crippen LogP contribution in [0.4, 0.5) is 0 Å². The van der Waals surface area contributed by atoms with E-state index in [4.69, 9.17) is 0 Å². The third kappa shape index (κ3) is 4.15. The van der Waals surface area contributed by atoms with E-state index in [9.17, 15) is 10.1 Å². The Balaban J connectivity index is 2.24. The van der Waals surface area contributed by atoms with E-state index in [1.165, 1.54) is 13.2 Å². The van der Waals surface area contributed by atoms with Crippen LogP contribution in [0.2, 0.25) is 0 Å². The van der Waals surface area contributed by atoms with Gasteiger partial charge in [-0.15, -0.1) is 0 Å². The molecule has 0 saturated carbocycles. The van der Waals surface area contributed by atoms with Gasteiger partial charge >= 0.3 is 5.97 Å². The average Bonchev–Trinajstić information content (AvgIpc) is 2.75. The van der Waals surface area contributed by atoms with Gasteiger partial charge in [0, 0.05) is 29.4 Å². The maximum atomic E-state index is 11.4. The van der Waals surface area contributed by atoms with Crippen LogP contribution in [0.15, 0.2) is 67.5 Å². The molecule has 0 aliphatic rings. The first-order valence-electron chi connectivity index (χ1n) is 9.06. The molecule has 0 fully saturated rings. The summed E-state index contributed by atoms with van der Waals surface area (Å²) in [4.78, 5) is 15.8. The predicted molar refractivity (Wildman–Crippen MR) is 117 cm³/mol. The van der Waals surface area contributed by atoms with E-state index < -0.39 is 5.97 Å². The molecule has 4 nitrogen and oxygen atoms in total. The van der Waals surface area contributed by atoms with Crippen LogP contribution < -0.4 is 0 Å². The number of hydrogen-bond acceptors (Lipinski definition) is 4. The van der Waals surface area contributed by atoms with Crippen LogP contribution >= 0.6 is 0 Å². The molecule has 3 aromatic rings. The molecule has 0 aliphatic heterocycles. The zero-order valence-electron chi connectivity index (χ0n) is 16.3. The van der Waals surface area contributed by atoms with Crippen molar-refractivity contribution in [2.24, 2.45) is 0 Å². The van der Waals surface area contributed by atoms with Crippen molar-refractivity contribution >= 4 is 28.9 Å². The molecule has 3 rings (SSSR count). The Kier molecular flexibility index (Phi) is 6.01. The average molecular weight is 380 g/mol. The number of rotatable bonds is 5. The zero-order chi connectivity index (χ0) is 20.8. The minimum absolute atomic E-state index is 0.403. The van der Waals surface area contributed by atoms with E-state index in [-0.39, 0.29) is 0 Å². The molecule has 1 heterocycles. The van der Waals surface area contributed by atoms with Gasteiger partial charge in [0.2, 0.25) is 0 Å². The quantitative estimate of drug-likeness (QED) is 0.335. The number of nitrogens with zero attached hydrogens (tertiary/aromatic N) is 2. The standard InChI is InChI=1S/C25H20N2O2/c1-4-5-6-21-17(2)19(14-26)10-11-22(21)24-16-27-15-20-9-7-18(13-23(20)24)8-12-25(28)29-3/h4-13,15-16H,1H2,2-3H3/b6-5-,12-8+. The highest BCUT2D eigenvalue weighted by Gasteiger charge is 2.13. The summed E-state index contributed by atoms with van der Waals surface area (Å²) in [6.45, 7) is 5.68. The molecule has 0 saturated heterocycles. The van der Waals surface area contributed by atoms with Crippen LogP contribution in [0.3, 0.4) is 0 Å². The molecule has 0 aliphatic carbocycles. The van der Waals surface area contributed by atoms with E-state index >= 15 is 0 Å². The number of hydrogen-bond donors (Lipinski definition) is 0. The lowest BCUT2D eigenvalue weighted by Crippen LogP contribution is -1.94. The van der Waals surface area contributed by atoms with Crippen molar-refractivity contribution in [2.75, 3.05) is 7.11 Å². The van der Waals surface area contributed by atoms with Gasteiger partial charge in [-0.2, -0.15) is 5.26 Å². The smallest absolute Gasteiger partial charge is 0.330 e. The first-order chi connectivity index (χ1) is 14.1. The maximum absolute atomic E-state index is 11.4. The maximum Gasteiger partial charge on any atom is 0.330 e. The largest absolute Gasteiger partial charge is 0.466 e. The summed E-state index contributed by atoms with van der Waals surface area (Å²) in [7, 11) is 1.35. The summed E-state index contributed by atoms with van der Waals surface area (Å²) in [6, 6.07) is 11.9. The molecule has 0 atom stereocenters. The van der Waals surface area contributed by atoms with E-state index in [0.717, 1.165) is 38.6 Å². The lowest BCUT2D eigenvalue weighted by Gasteiger charge is -2.13. The second-order valence-electron chi connectivity index (χ2n) is 6.43. The topological polar surface area (TPSA) is 63.0 Å². The van der Waals surface area contributed by atoms with Crippen LogP contribution in [0.1, 0.15) is 22.3 Å². The number of pyridine rings is 1. The molecule has 2 aromatic carbocycles. The van der Waals surface area contributed by atoms with Gasteiger partial charge < -0.3 is 4.74 Å². The highest BCUT2D eigenvalue weighted by Crippen LogP contribution is 2.34. The first kappa shape index (κ1) is 19.8. The van der Waals surface area contributed by atoms with Crippen molar-refractivity contribution < 1.29 is 9.53 Å². The Morgan fingerprint density at radius 2 is 2.00 bits per heavy atom. The van der Waals surface area contributed by atoms with Gasteiger partial charge in [0.05, 0.1) is 18.7 Å². The number of carbonyl (C=O) groups is 1. The normalized spacial score (nSPS) is 11.1. The Labute approximate surface area is 170 Å². The molecule has 142 valence electrons. The molecule has 0 bridgehead atoms. The molecule has 0 radical (unpaired) electrons. The Bertz CT molecular complexity index is 1200. The summed E-state index contributed by atoms with van der Waals surface area (Å²) in [5, 5.41) is 11.4. The number of carbonyl (C=O) groups excluding carboxylic acids is 1. The van der Waals surface area contributed by atoms with Crippen LogP contribution in [0.5, 0.6) is 0 Å². The molecule has 0 spiro atoms. The molecular weight excluding hydrogens is 360 g/mol. The van der Waals surface area contributed by atoms with Gasteiger partial charge in [0.25, 0.3) is 0 Å². The monoisotopic (exact) mass is 380 g/mol. The summed E-state index contributed by atoms with van der Waals surface area (Å²) in [5.74, 6) is -0.403. The van der Waals surface area contributed by atoms with E-state index in [0.29, 0.717) is 5.56 Å². The molecule has 0 amide bonds.